The van der Waals surface area contributed by atoms with E-state index in [1.165, 1.54) is 0 Å². The Morgan fingerprint density at radius 1 is 1.55 bits per heavy atom. The standard InChI is InChI=1S/C15H22N2O3/c1-3-17-7-8-19-12(9-17)10-20-15(18)13-5-4-6-14(16)11(13)2/h4-6,12H,3,7-10,16H2,1-2H3. The van der Waals surface area contributed by atoms with Gasteiger partial charge in [-0.3, -0.25) is 4.90 Å². The van der Waals surface area contributed by atoms with Crippen molar-refractivity contribution in [2.45, 2.75) is 20.0 Å². The third-order valence-corrected chi connectivity index (χ3v) is 3.67. The molecule has 0 saturated carbocycles. The van der Waals surface area contributed by atoms with E-state index < -0.39 is 0 Å². The molecule has 0 spiro atoms. The minimum absolute atomic E-state index is 0.0472. The number of nitrogen functional groups attached to an aromatic ring is 1. The van der Waals surface area contributed by atoms with Crippen LogP contribution in [0.3, 0.4) is 0 Å². The maximum Gasteiger partial charge on any atom is 0.338 e. The van der Waals surface area contributed by atoms with E-state index in [0.717, 1.165) is 25.2 Å². The molecule has 1 saturated heterocycles. The van der Waals surface area contributed by atoms with E-state index in [2.05, 4.69) is 11.8 Å². The number of hydrogen-bond donors (Lipinski definition) is 1. The third kappa shape index (κ3) is 3.49. The molecular formula is C15H22N2O3. The lowest BCUT2D eigenvalue weighted by molar-refractivity contribution is -0.0578. The predicted molar refractivity (Wildman–Crippen MR) is 77.7 cm³/mol. The second kappa shape index (κ2) is 6.72. The summed E-state index contributed by atoms with van der Waals surface area (Å²) in [5.41, 5.74) is 7.68. The van der Waals surface area contributed by atoms with Crippen molar-refractivity contribution < 1.29 is 14.3 Å². The van der Waals surface area contributed by atoms with Crippen molar-refractivity contribution in [2.24, 2.45) is 0 Å². The molecule has 20 heavy (non-hydrogen) atoms. The number of hydrogen-bond acceptors (Lipinski definition) is 5. The molecule has 2 rings (SSSR count). The zero-order valence-electron chi connectivity index (χ0n) is 12.1. The molecule has 1 unspecified atom stereocenters. The maximum absolute atomic E-state index is 12.1. The monoisotopic (exact) mass is 278 g/mol. The smallest absolute Gasteiger partial charge is 0.338 e. The molecule has 110 valence electrons. The normalized spacial score (nSPS) is 19.8. The fourth-order valence-corrected chi connectivity index (χ4v) is 2.29. The average molecular weight is 278 g/mol. The molecular weight excluding hydrogens is 256 g/mol. The molecule has 1 fully saturated rings. The van der Waals surface area contributed by atoms with E-state index >= 15 is 0 Å². The summed E-state index contributed by atoms with van der Waals surface area (Å²) in [6.45, 7) is 7.64. The minimum atomic E-state index is -0.341. The van der Waals surface area contributed by atoms with Crippen LogP contribution in [0.25, 0.3) is 0 Å². The number of nitrogens with two attached hydrogens (primary N) is 1. The van der Waals surface area contributed by atoms with E-state index in [0.29, 0.717) is 17.9 Å². The molecule has 5 nitrogen and oxygen atoms in total. The van der Waals surface area contributed by atoms with Gasteiger partial charge >= 0.3 is 5.97 Å². The van der Waals surface area contributed by atoms with Crippen LogP contribution in [0.2, 0.25) is 0 Å². The molecule has 1 aromatic carbocycles. The minimum Gasteiger partial charge on any atom is -0.459 e. The number of morpholine rings is 1. The summed E-state index contributed by atoms with van der Waals surface area (Å²) in [5, 5.41) is 0. The molecule has 2 N–H and O–H groups in total. The van der Waals surface area contributed by atoms with Gasteiger partial charge in [-0.2, -0.15) is 0 Å². The highest BCUT2D eigenvalue weighted by Gasteiger charge is 2.21. The first-order valence-corrected chi connectivity index (χ1v) is 6.98. The Balaban J connectivity index is 1.90. The largest absolute Gasteiger partial charge is 0.459 e. The molecule has 1 aromatic rings. The number of likely N-dealkylation sites (N-methyl/N-ethyl adjacent to an activating group) is 1. The van der Waals surface area contributed by atoms with Crippen molar-refractivity contribution in [3.05, 3.63) is 29.3 Å². The van der Waals surface area contributed by atoms with Crippen LogP contribution in [0.1, 0.15) is 22.8 Å². The van der Waals surface area contributed by atoms with E-state index in [1.54, 1.807) is 18.2 Å². The Hall–Kier alpha value is -1.59. The first-order chi connectivity index (χ1) is 9.61. The number of carbonyl (C=O) groups excluding carboxylic acids is 1. The van der Waals surface area contributed by atoms with Gasteiger partial charge in [0.15, 0.2) is 0 Å². The summed E-state index contributed by atoms with van der Waals surface area (Å²) in [4.78, 5) is 14.3. The summed E-state index contributed by atoms with van der Waals surface area (Å²) in [6.07, 6.45) is -0.0472. The summed E-state index contributed by atoms with van der Waals surface area (Å²) in [7, 11) is 0. The van der Waals surface area contributed by atoms with E-state index in [1.807, 2.05) is 6.92 Å². The van der Waals surface area contributed by atoms with Crippen LogP contribution in [-0.4, -0.2) is 49.8 Å². The number of rotatable bonds is 4. The topological polar surface area (TPSA) is 64.8 Å². The summed E-state index contributed by atoms with van der Waals surface area (Å²) in [6, 6.07) is 5.26. The zero-order chi connectivity index (χ0) is 14.5. The number of anilines is 1. The molecule has 0 amide bonds. The lowest BCUT2D eigenvalue weighted by Gasteiger charge is -2.31. The van der Waals surface area contributed by atoms with Gasteiger partial charge in [0.05, 0.1) is 12.2 Å². The van der Waals surface area contributed by atoms with E-state index in [9.17, 15) is 4.79 Å². The van der Waals surface area contributed by atoms with Crippen LogP contribution >= 0.6 is 0 Å². The van der Waals surface area contributed by atoms with Crippen molar-refractivity contribution in [3.63, 3.8) is 0 Å². The highest BCUT2D eigenvalue weighted by molar-refractivity contribution is 5.92. The Morgan fingerprint density at radius 2 is 2.35 bits per heavy atom. The van der Waals surface area contributed by atoms with Crippen molar-refractivity contribution in [2.75, 3.05) is 38.6 Å². The fraction of sp³-hybridized carbons (Fsp3) is 0.533. The van der Waals surface area contributed by atoms with Gasteiger partial charge in [-0.1, -0.05) is 13.0 Å². The second-order valence-corrected chi connectivity index (χ2v) is 5.00. The van der Waals surface area contributed by atoms with Gasteiger partial charge < -0.3 is 15.2 Å². The maximum atomic E-state index is 12.1. The Bertz CT molecular complexity index is 476. The number of nitrogens with zero attached hydrogens (tertiary/aromatic N) is 1. The molecule has 1 atom stereocenters. The van der Waals surface area contributed by atoms with Crippen LogP contribution in [-0.2, 0) is 9.47 Å². The van der Waals surface area contributed by atoms with Crippen LogP contribution in [0.15, 0.2) is 18.2 Å². The summed E-state index contributed by atoms with van der Waals surface area (Å²) in [5.74, 6) is -0.341. The molecule has 0 bridgehead atoms. The Morgan fingerprint density at radius 3 is 3.10 bits per heavy atom. The van der Waals surface area contributed by atoms with Crippen molar-refractivity contribution in [1.82, 2.24) is 4.90 Å². The van der Waals surface area contributed by atoms with Gasteiger partial charge in [-0.05, 0) is 31.2 Å². The first-order valence-electron chi connectivity index (χ1n) is 6.98. The highest BCUT2D eigenvalue weighted by Crippen LogP contribution is 2.16. The predicted octanol–water partition coefficient (Wildman–Crippen LogP) is 1.45. The highest BCUT2D eigenvalue weighted by atomic mass is 16.6. The fourth-order valence-electron chi connectivity index (χ4n) is 2.29. The van der Waals surface area contributed by atoms with Crippen LogP contribution in [0.5, 0.6) is 0 Å². The lowest BCUT2D eigenvalue weighted by atomic mass is 10.1. The van der Waals surface area contributed by atoms with Gasteiger partial charge in [0.1, 0.15) is 12.7 Å². The van der Waals surface area contributed by atoms with E-state index in [4.69, 9.17) is 15.2 Å². The number of ether oxygens (including phenoxy) is 2. The van der Waals surface area contributed by atoms with E-state index in [-0.39, 0.29) is 18.7 Å². The molecule has 0 aliphatic carbocycles. The van der Waals surface area contributed by atoms with Gasteiger partial charge in [0.25, 0.3) is 0 Å². The second-order valence-electron chi connectivity index (χ2n) is 5.00. The SMILES string of the molecule is CCN1CCOC(COC(=O)c2cccc(N)c2C)C1. The molecule has 1 aliphatic heterocycles. The molecule has 5 heteroatoms. The summed E-state index contributed by atoms with van der Waals surface area (Å²) >= 11 is 0. The van der Waals surface area contributed by atoms with Gasteiger partial charge in [-0.25, -0.2) is 4.79 Å². The third-order valence-electron chi connectivity index (χ3n) is 3.67. The quantitative estimate of drug-likeness (QED) is 0.667. The lowest BCUT2D eigenvalue weighted by Crippen LogP contribution is -2.44. The van der Waals surface area contributed by atoms with Gasteiger partial charge in [0.2, 0.25) is 0 Å². The molecule has 0 radical (unpaired) electrons. The molecule has 0 aromatic heterocycles. The van der Waals surface area contributed by atoms with Gasteiger partial charge in [-0.15, -0.1) is 0 Å². The van der Waals surface area contributed by atoms with Crippen molar-refractivity contribution in [3.8, 4) is 0 Å². The first kappa shape index (κ1) is 14.8. The zero-order valence-corrected chi connectivity index (χ0v) is 12.1. The van der Waals surface area contributed by atoms with Gasteiger partial charge in [0, 0.05) is 18.8 Å². The number of esters is 1. The molecule has 1 aliphatic rings. The van der Waals surface area contributed by atoms with Crippen LogP contribution in [0, 0.1) is 6.92 Å². The number of benzene rings is 1. The Kier molecular flexibility index (Phi) is 4.98. The average Bonchev–Trinajstić information content (AvgIpc) is 2.48. The summed E-state index contributed by atoms with van der Waals surface area (Å²) < 4.78 is 11.0. The molecule has 1 heterocycles. The van der Waals surface area contributed by atoms with Crippen LogP contribution < -0.4 is 5.73 Å². The van der Waals surface area contributed by atoms with Crippen LogP contribution in [0.4, 0.5) is 5.69 Å². The number of carbonyl (C=O) groups is 1. The van der Waals surface area contributed by atoms with Crippen molar-refractivity contribution >= 4 is 11.7 Å². The van der Waals surface area contributed by atoms with Crippen molar-refractivity contribution in [1.29, 1.82) is 0 Å². The Labute approximate surface area is 119 Å².